The van der Waals surface area contributed by atoms with E-state index in [1.807, 2.05) is 11.9 Å². The van der Waals surface area contributed by atoms with Crippen molar-refractivity contribution in [3.8, 4) is 16.9 Å². The van der Waals surface area contributed by atoms with E-state index >= 15 is 0 Å². The summed E-state index contributed by atoms with van der Waals surface area (Å²) in [6, 6.07) is 6.94. The predicted molar refractivity (Wildman–Crippen MR) is 134 cm³/mol. The molecule has 0 unspecified atom stereocenters. The quantitative estimate of drug-likeness (QED) is 0.529. The molecule has 0 bridgehead atoms. The highest BCUT2D eigenvalue weighted by atomic mass is 19.4. The minimum atomic E-state index is -4.65. The predicted octanol–water partition coefficient (Wildman–Crippen LogP) is 3.39. The van der Waals surface area contributed by atoms with Gasteiger partial charge in [0.2, 0.25) is 0 Å². The second-order valence-electron chi connectivity index (χ2n) is 9.56. The molecule has 0 saturated carbocycles. The summed E-state index contributed by atoms with van der Waals surface area (Å²) in [4.78, 5) is 23.3. The lowest BCUT2D eigenvalue weighted by molar-refractivity contribution is -0.140. The smallest absolute Gasteiger partial charge is 0.435 e. The van der Waals surface area contributed by atoms with Crippen molar-refractivity contribution in [1.29, 1.82) is 5.41 Å². The molecular weight excluding hydrogens is 499 g/mol. The topological polar surface area (TPSA) is 90.6 Å². The van der Waals surface area contributed by atoms with Gasteiger partial charge in [0.25, 0.3) is 5.91 Å². The van der Waals surface area contributed by atoms with Gasteiger partial charge in [-0.15, -0.1) is 0 Å². The largest absolute Gasteiger partial charge is 0.497 e. The van der Waals surface area contributed by atoms with Crippen molar-refractivity contribution in [2.75, 3.05) is 33.8 Å². The average Bonchev–Trinajstić information content (AvgIpc) is 3.43. The number of methoxy groups -OCH3 is 1. The summed E-state index contributed by atoms with van der Waals surface area (Å²) in [5, 5.41) is 12.0. The third-order valence-corrected chi connectivity index (χ3v) is 6.96. The number of nitrogens with zero attached hydrogens (tertiary/aromatic N) is 6. The number of alkyl halides is 3. The minimum Gasteiger partial charge on any atom is -0.497 e. The van der Waals surface area contributed by atoms with E-state index < -0.39 is 11.9 Å². The number of carbonyl (C=O) groups excluding carboxylic acids is 1. The van der Waals surface area contributed by atoms with Gasteiger partial charge in [0.1, 0.15) is 5.75 Å². The molecule has 200 valence electrons. The van der Waals surface area contributed by atoms with Crippen LogP contribution in [0.5, 0.6) is 5.75 Å². The molecule has 0 spiro atoms. The van der Waals surface area contributed by atoms with Crippen molar-refractivity contribution in [1.82, 2.24) is 29.5 Å². The zero-order valence-corrected chi connectivity index (χ0v) is 21.3. The molecule has 0 aliphatic carbocycles. The number of hydrogen-bond acceptors (Lipinski definition) is 5. The van der Waals surface area contributed by atoms with Gasteiger partial charge in [0.15, 0.2) is 11.7 Å². The number of benzene rings is 1. The maximum atomic E-state index is 13.9. The maximum Gasteiger partial charge on any atom is 0.435 e. The van der Waals surface area contributed by atoms with Crippen LogP contribution in [0.3, 0.4) is 0 Å². The molecule has 1 saturated heterocycles. The van der Waals surface area contributed by atoms with Crippen LogP contribution in [0, 0.1) is 5.41 Å². The SMILES string of the molecule is COc1ccnc(CN2CCc3c(cc(CN4CCN(C)C4=N)cc3-c3cn(C)nc3C(F)(F)F)C2=O)c1. The van der Waals surface area contributed by atoms with Crippen molar-refractivity contribution in [2.24, 2.45) is 7.05 Å². The zero-order chi connectivity index (χ0) is 27.2. The first kappa shape index (κ1) is 25.6. The molecule has 2 aliphatic rings. The Hall–Kier alpha value is -4.09. The standard InChI is InChI=1S/C26H28F3N7O2/c1-33-8-9-36(25(33)30)13-16-10-20(22-15-34(2)32-23(22)26(27,28)29)19-5-7-35(24(37)21(19)11-16)14-17-12-18(38-3)4-6-31-17/h4,6,10-12,15,30H,5,7-9,13-14H2,1-3H3. The van der Waals surface area contributed by atoms with Gasteiger partial charge in [0.05, 0.1) is 19.3 Å². The molecule has 2 aromatic heterocycles. The fourth-order valence-corrected chi connectivity index (χ4v) is 5.05. The molecule has 3 aromatic rings. The summed E-state index contributed by atoms with van der Waals surface area (Å²) in [6.45, 7) is 2.18. The highest BCUT2D eigenvalue weighted by Gasteiger charge is 2.39. The van der Waals surface area contributed by atoms with Crippen molar-refractivity contribution < 1.29 is 22.7 Å². The summed E-state index contributed by atoms with van der Waals surface area (Å²) in [5.74, 6) is 0.683. The molecule has 1 N–H and O–H groups in total. The van der Waals surface area contributed by atoms with E-state index in [-0.39, 0.29) is 18.0 Å². The van der Waals surface area contributed by atoms with Crippen LogP contribution in [0.15, 0.2) is 36.7 Å². The van der Waals surface area contributed by atoms with E-state index in [2.05, 4.69) is 10.1 Å². The molecule has 38 heavy (non-hydrogen) atoms. The third kappa shape index (κ3) is 4.77. The van der Waals surface area contributed by atoms with Gasteiger partial charge in [0, 0.05) is 69.9 Å². The third-order valence-electron chi connectivity index (χ3n) is 6.96. The van der Waals surface area contributed by atoms with Gasteiger partial charge in [-0.1, -0.05) is 0 Å². The molecule has 4 heterocycles. The number of guanidine groups is 1. The number of nitrogens with one attached hydrogen (secondary N) is 1. The van der Waals surface area contributed by atoms with Gasteiger partial charge in [-0.3, -0.25) is 19.9 Å². The first-order valence-corrected chi connectivity index (χ1v) is 12.1. The van der Waals surface area contributed by atoms with Crippen molar-refractivity contribution in [2.45, 2.75) is 25.7 Å². The number of ether oxygens (including phenoxy) is 1. The lowest BCUT2D eigenvalue weighted by atomic mass is 9.88. The Morgan fingerprint density at radius 3 is 2.47 bits per heavy atom. The first-order chi connectivity index (χ1) is 18.0. The molecule has 0 atom stereocenters. The lowest BCUT2D eigenvalue weighted by Crippen LogP contribution is -2.38. The molecule has 9 nitrogen and oxygen atoms in total. The summed E-state index contributed by atoms with van der Waals surface area (Å²) < 4.78 is 48.2. The molecular formula is C26H28F3N7O2. The fourth-order valence-electron chi connectivity index (χ4n) is 5.05. The maximum absolute atomic E-state index is 13.9. The van der Waals surface area contributed by atoms with Gasteiger partial charge < -0.3 is 19.4 Å². The van der Waals surface area contributed by atoms with Crippen LogP contribution in [0.4, 0.5) is 13.2 Å². The minimum absolute atomic E-state index is 0.0533. The number of carbonyl (C=O) groups is 1. The van der Waals surface area contributed by atoms with Crippen LogP contribution in [-0.2, 0) is 32.7 Å². The number of aromatic nitrogens is 3. The van der Waals surface area contributed by atoms with E-state index in [4.69, 9.17) is 10.1 Å². The number of amides is 1. The Labute approximate surface area is 217 Å². The second-order valence-corrected chi connectivity index (χ2v) is 9.56. The van der Waals surface area contributed by atoms with Gasteiger partial charge in [-0.05, 0) is 41.3 Å². The number of hydrogen-bond donors (Lipinski definition) is 1. The van der Waals surface area contributed by atoms with Crippen molar-refractivity contribution >= 4 is 11.9 Å². The summed E-state index contributed by atoms with van der Waals surface area (Å²) in [7, 11) is 4.82. The summed E-state index contributed by atoms with van der Waals surface area (Å²) in [6.07, 6.45) is -1.31. The fraction of sp³-hybridized carbons (Fsp3) is 0.385. The van der Waals surface area contributed by atoms with E-state index in [0.29, 0.717) is 72.3 Å². The highest BCUT2D eigenvalue weighted by molar-refractivity contribution is 5.99. The highest BCUT2D eigenvalue weighted by Crippen LogP contribution is 2.40. The van der Waals surface area contributed by atoms with Crippen LogP contribution in [0.25, 0.3) is 11.1 Å². The summed E-state index contributed by atoms with van der Waals surface area (Å²) >= 11 is 0. The van der Waals surface area contributed by atoms with E-state index in [0.717, 1.165) is 4.68 Å². The second kappa shape index (κ2) is 9.66. The summed E-state index contributed by atoms with van der Waals surface area (Å²) in [5.41, 5.74) is 1.56. The molecule has 1 amide bonds. The number of pyridine rings is 1. The molecule has 2 aliphatic heterocycles. The molecule has 1 aromatic carbocycles. The Morgan fingerprint density at radius 1 is 1.03 bits per heavy atom. The van der Waals surface area contributed by atoms with Crippen molar-refractivity contribution in [3.05, 3.63) is 64.7 Å². The van der Waals surface area contributed by atoms with Crippen LogP contribution >= 0.6 is 0 Å². The Morgan fingerprint density at radius 2 is 1.79 bits per heavy atom. The molecule has 1 fully saturated rings. The number of rotatable bonds is 6. The lowest BCUT2D eigenvalue weighted by Gasteiger charge is -2.31. The Kier molecular flexibility index (Phi) is 6.49. The van der Waals surface area contributed by atoms with Crippen LogP contribution in [0.1, 0.15) is 32.9 Å². The van der Waals surface area contributed by atoms with E-state index in [1.54, 1.807) is 47.4 Å². The number of halogens is 3. The van der Waals surface area contributed by atoms with Gasteiger partial charge in [-0.2, -0.15) is 18.3 Å². The molecule has 0 radical (unpaired) electrons. The van der Waals surface area contributed by atoms with Crippen molar-refractivity contribution in [3.63, 3.8) is 0 Å². The van der Waals surface area contributed by atoms with Gasteiger partial charge in [-0.25, -0.2) is 0 Å². The van der Waals surface area contributed by atoms with Crippen LogP contribution in [-0.4, -0.2) is 75.1 Å². The Balaban J connectivity index is 1.57. The number of aryl methyl sites for hydroxylation is 1. The molecule has 5 rings (SSSR count). The number of fused-ring (bicyclic) bond motifs is 1. The molecule has 12 heteroatoms. The zero-order valence-electron chi connectivity index (χ0n) is 21.3. The van der Waals surface area contributed by atoms with E-state index in [9.17, 15) is 18.0 Å². The van der Waals surface area contributed by atoms with Gasteiger partial charge >= 0.3 is 6.18 Å². The monoisotopic (exact) mass is 527 g/mol. The Bertz CT molecular complexity index is 1400. The first-order valence-electron chi connectivity index (χ1n) is 12.1. The van der Waals surface area contributed by atoms with E-state index in [1.165, 1.54) is 13.2 Å². The van der Waals surface area contributed by atoms with Crippen LogP contribution in [0.2, 0.25) is 0 Å². The average molecular weight is 528 g/mol. The number of likely N-dealkylation sites (N-methyl/N-ethyl adjacent to an activating group) is 1. The normalized spacial score (nSPS) is 15.9. The van der Waals surface area contributed by atoms with Crippen LogP contribution < -0.4 is 4.74 Å².